The molecule has 0 radical (unpaired) electrons. The number of likely N-dealkylation sites (N-methyl/N-ethyl adjacent to an activating group) is 1. The van der Waals surface area contributed by atoms with Crippen LogP contribution in [0.25, 0.3) is 0 Å². The lowest BCUT2D eigenvalue weighted by molar-refractivity contribution is -0.870. The van der Waals surface area contributed by atoms with Gasteiger partial charge in [0.2, 0.25) is 0 Å². The third-order valence-corrected chi connectivity index (χ3v) is 18.9. The molecule has 2 unspecified atom stereocenters. The van der Waals surface area contributed by atoms with Gasteiger partial charge in [0.15, 0.2) is 6.10 Å². The second-order valence-electron chi connectivity index (χ2n) is 29.4. The topological polar surface area (TPSA) is 108 Å². The van der Waals surface area contributed by atoms with Gasteiger partial charge >= 0.3 is 17.9 Å². The van der Waals surface area contributed by atoms with Gasteiger partial charge in [-0.2, -0.15) is 0 Å². The van der Waals surface area contributed by atoms with Gasteiger partial charge < -0.3 is 28.5 Å². The van der Waals surface area contributed by atoms with Crippen LogP contribution in [0.15, 0.2) is 36.5 Å². The molecule has 0 heterocycles. The summed E-state index contributed by atoms with van der Waals surface area (Å²) in [6, 6.07) is 0. The molecule has 0 saturated carbocycles. The van der Waals surface area contributed by atoms with E-state index in [0.29, 0.717) is 17.4 Å². The van der Waals surface area contributed by atoms with Gasteiger partial charge in [-0.1, -0.05) is 378 Å². The molecule has 0 aliphatic rings. The Hall–Kier alpha value is -2.49. The number of carboxylic acids is 1. The summed E-state index contributed by atoms with van der Waals surface area (Å²) in [5.41, 5.74) is 0. The molecule has 548 valence electrons. The number of quaternary nitrogens is 1. The van der Waals surface area contributed by atoms with Gasteiger partial charge in [-0.3, -0.25) is 9.59 Å². The van der Waals surface area contributed by atoms with Crippen molar-refractivity contribution in [3.05, 3.63) is 36.5 Å². The quantitative estimate of drug-likeness (QED) is 0.0211. The lowest BCUT2D eigenvalue weighted by Gasteiger charge is -2.25. The molecule has 0 aromatic rings. The first-order chi connectivity index (χ1) is 45.6. The van der Waals surface area contributed by atoms with Gasteiger partial charge in [-0.15, -0.1) is 0 Å². The Morgan fingerprint density at radius 1 is 0.323 bits per heavy atom. The number of esters is 2. The number of carbonyl (C=O) groups is 3. The Morgan fingerprint density at radius 2 is 0.581 bits per heavy atom. The lowest BCUT2D eigenvalue weighted by Crippen LogP contribution is -2.40. The van der Waals surface area contributed by atoms with Crippen LogP contribution in [0.5, 0.6) is 0 Å². The van der Waals surface area contributed by atoms with Crippen LogP contribution in [0.4, 0.5) is 0 Å². The summed E-state index contributed by atoms with van der Waals surface area (Å²) >= 11 is 0. The highest BCUT2D eigenvalue weighted by molar-refractivity contribution is 5.71. The largest absolute Gasteiger partial charge is 0.477 e. The highest BCUT2D eigenvalue weighted by Crippen LogP contribution is 2.20. The summed E-state index contributed by atoms with van der Waals surface area (Å²) in [6.45, 7) is 4.95. The summed E-state index contributed by atoms with van der Waals surface area (Å²) in [7, 11) is 6.00. The Labute approximate surface area is 579 Å². The van der Waals surface area contributed by atoms with Gasteiger partial charge in [0.1, 0.15) is 13.2 Å². The maximum absolute atomic E-state index is 13.0. The van der Waals surface area contributed by atoms with Crippen molar-refractivity contribution in [2.24, 2.45) is 0 Å². The van der Waals surface area contributed by atoms with Crippen LogP contribution in [0, 0.1) is 0 Å². The van der Waals surface area contributed by atoms with Crippen molar-refractivity contribution in [3.8, 4) is 0 Å². The molecule has 93 heavy (non-hydrogen) atoms. The number of nitrogens with zero attached hydrogens (tertiary/aromatic N) is 1. The molecule has 2 atom stereocenters. The van der Waals surface area contributed by atoms with Crippen molar-refractivity contribution in [1.29, 1.82) is 0 Å². The molecular weight excluding hydrogens is 1150 g/mol. The zero-order chi connectivity index (χ0) is 67.5. The molecule has 0 aliphatic carbocycles. The molecule has 0 spiro atoms. The Bertz CT molecular complexity index is 1620. The SMILES string of the molecule is CCCCCCC/C=C\C/C=C\CCCCCCCCCCCCCCCCCCCCCCCCCCCC(=O)OC(COC(=O)CCCCCCCCCCCCCCCCCCCCC/C=C\CCCCCCCCCC)COC(OCC[N+](C)(C)C)C(=O)O. The van der Waals surface area contributed by atoms with Crippen molar-refractivity contribution in [2.75, 3.05) is 47.5 Å². The number of hydrogen-bond donors (Lipinski definition) is 1. The number of allylic oxidation sites excluding steroid dienone is 6. The Kier molecular flexibility index (Phi) is 73.3. The van der Waals surface area contributed by atoms with Crippen molar-refractivity contribution >= 4 is 17.9 Å². The van der Waals surface area contributed by atoms with Gasteiger partial charge in [0.25, 0.3) is 6.29 Å². The molecule has 0 amide bonds. The van der Waals surface area contributed by atoms with E-state index in [2.05, 4.69) is 50.3 Å². The minimum Gasteiger partial charge on any atom is -0.477 e. The van der Waals surface area contributed by atoms with E-state index < -0.39 is 18.4 Å². The van der Waals surface area contributed by atoms with Crippen molar-refractivity contribution in [2.45, 2.75) is 437 Å². The predicted molar refractivity (Wildman–Crippen MR) is 401 cm³/mol. The fraction of sp³-hybridized carbons (Fsp3) is 0.893. The molecule has 0 bridgehead atoms. The van der Waals surface area contributed by atoms with Gasteiger partial charge in [-0.05, 0) is 70.6 Å². The fourth-order valence-corrected chi connectivity index (χ4v) is 12.6. The standard InChI is InChI=1S/C84H159NO8/c1-6-8-10-12-14-16-18-20-22-24-26-28-30-32-34-36-38-39-40-41-42-43-45-47-49-51-53-55-57-59-61-63-65-67-69-71-73-75-82(87)93-80(79-92-84(83(88)89)90-77-76-85(3,4)5)78-91-81(86)74-72-70-68-66-64-62-60-58-56-54-52-50-48-46-44-37-35-33-31-29-27-25-23-21-19-17-15-13-11-9-7-2/h18,20,24-27,80,84H,6-17,19,21-23,28-79H2,1-5H3/p+1/b20-18-,26-24-,27-25-. The average Bonchev–Trinajstić information content (AvgIpc) is 3.73. The highest BCUT2D eigenvalue weighted by atomic mass is 16.7. The highest BCUT2D eigenvalue weighted by Gasteiger charge is 2.25. The third-order valence-electron chi connectivity index (χ3n) is 18.9. The monoisotopic (exact) mass is 1310 g/mol. The zero-order valence-corrected chi connectivity index (χ0v) is 63.0. The fourth-order valence-electron chi connectivity index (χ4n) is 12.6. The number of unbranched alkanes of at least 4 members (excludes halogenated alkanes) is 57. The molecule has 0 rings (SSSR count). The number of carboxylic acid groups (broad SMARTS) is 1. The predicted octanol–water partition coefficient (Wildman–Crippen LogP) is 26.3. The van der Waals surface area contributed by atoms with Gasteiger partial charge in [0, 0.05) is 12.8 Å². The van der Waals surface area contributed by atoms with E-state index >= 15 is 0 Å². The normalized spacial score (nSPS) is 12.7. The summed E-state index contributed by atoms with van der Waals surface area (Å²) in [5.74, 6) is -1.97. The molecule has 0 aliphatic heterocycles. The van der Waals surface area contributed by atoms with Crippen LogP contribution in [0.3, 0.4) is 0 Å². The van der Waals surface area contributed by atoms with E-state index in [1.54, 1.807) is 0 Å². The van der Waals surface area contributed by atoms with E-state index in [1.807, 2.05) is 21.1 Å². The molecular formula is C84H160NO8+. The number of carbonyl (C=O) groups excluding carboxylic acids is 2. The van der Waals surface area contributed by atoms with Gasteiger partial charge in [-0.25, -0.2) is 4.79 Å². The first kappa shape index (κ1) is 90.5. The van der Waals surface area contributed by atoms with Crippen LogP contribution >= 0.6 is 0 Å². The van der Waals surface area contributed by atoms with E-state index in [4.69, 9.17) is 18.9 Å². The summed E-state index contributed by atoms with van der Waals surface area (Å²) in [6.07, 6.45) is 94.6. The minimum atomic E-state index is -1.51. The van der Waals surface area contributed by atoms with E-state index in [9.17, 15) is 19.5 Å². The van der Waals surface area contributed by atoms with Crippen molar-refractivity contribution in [1.82, 2.24) is 0 Å². The van der Waals surface area contributed by atoms with Crippen molar-refractivity contribution in [3.63, 3.8) is 0 Å². The van der Waals surface area contributed by atoms with Crippen molar-refractivity contribution < 1.29 is 42.9 Å². The smallest absolute Gasteiger partial charge is 0.361 e. The second kappa shape index (κ2) is 75.3. The maximum atomic E-state index is 13.0. The number of ether oxygens (including phenoxy) is 4. The summed E-state index contributed by atoms with van der Waals surface area (Å²) in [4.78, 5) is 37.7. The minimum absolute atomic E-state index is 0.175. The lowest BCUT2D eigenvalue weighted by atomic mass is 10.0. The first-order valence-corrected chi connectivity index (χ1v) is 41.2. The van der Waals surface area contributed by atoms with Gasteiger partial charge in [0.05, 0.1) is 34.4 Å². The Morgan fingerprint density at radius 3 is 0.860 bits per heavy atom. The number of hydrogen-bond acceptors (Lipinski definition) is 7. The summed E-state index contributed by atoms with van der Waals surface area (Å²) in [5, 5.41) is 9.78. The molecule has 1 N–H and O–H groups in total. The average molecular weight is 1310 g/mol. The second-order valence-corrected chi connectivity index (χ2v) is 29.4. The van der Waals surface area contributed by atoms with Crippen LogP contribution in [0.2, 0.25) is 0 Å². The molecule has 0 aromatic heterocycles. The molecule has 0 aromatic carbocycles. The first-order valence-electron chi connectivity index (χ1n) is 41.2. The maximum Gasteiger partial charge on any atom is 0.361 e. The van der Waals surface area contributed by atoms with Crippen LogP contribution in [-0.2, 0) is 33.3 Å². The number of aliphatic carboxylic acids is 1. The number of rotatable bonds is 78. The molecule has 0 fully saturated rings. The third kappa shape index (κ3) is 76.7. The van der Waals surface area contributed by atoms with E-state index in [-0.39, 0.29) is 38.2 Å². The molecule has 0 saturated heterocycles. The summed E-state index contributed by atoms with van der Waals surface area (Å²) < 4.78 is 23.1. The van der Waals surface area contributed by atoms with E-state index in [0.717, 1.165) is 44.9 Å². The van der Waals surface area contributed by atoms with E-state index in [1.165, 1.54) is 353 Å². The molecule has 9 heteroatoms. The van der Waals surface area contributed by atoms with Crippen LogP contribution < -0.4 is 0 Å². The van der Waals surface area contributed by atoms with Crippen LogP contribution in [-0.4, -0.2) is 87.4 Å². The molecule has 9 nitrogen and oxygen atoms in total. The zero-order valence-electron chi connectivity index (χ0n) is 63.0. The Balaban J connectivity index is 3.95. The van der Waals surface area contributed by atoms with Crippen LogP contribution in [0.1, 0.15) is 425 Å².